The van der Waals surface area contributed by atoms with Gasteiger partial charge in [0.15, 0.2) is 0 Å². The Hall–Kier alpha value is -2.63. The number of fused-ring (bicyclic) bond motifs is 1. The molecule has 0 aliphatic carbocycles. The molecule has 0 atom stereocenters. The summed E-state index contributed by atoms with van der Waals surface area (Å²) in [5, 5.41) is 0. The van der Waals surface area contributed by atoms with Crippen molar-refractivity contribution in [2.75, 3.05) is 0 Å². The third-order valence-electron chi connectivity index (χ3n) is 4.03. The normalized spacial score (nSPS) is 12.1. The van der Waals surface area contributed by atoms with Crippen molar-refractivity contribution in [3.8, 4) is 0 Å². The van der Waals surface area contributed by atoms with E-state index in [1.807, 2.05) is 30.3 Å². The lowest BCUT2D eigenvalue weighted by atomic mass is 10.1. The van der Waals surface area contributed by atoms with Crippen LogP contribution in [0.4, 0.5) is 13.2 Å². The first kappa shape index (κ1) is 17.2. The van der Waals surface area contributed by atoms with Crippen LogP contribution in [0.25, 0.3) is 11.0 Å². The van der Waals surface area contributed by atoms with E-state index in [4.69, 9.17) is 0 Å². The average Bonchev–Trinajstić information content (AvgIpc) is 2.56. The van der Waals surface area contributed by atoms with E-state index in [2.05, 4.69) is 4.98 Å². The van der Waals surface area contributed by atoms with Crippen LogP contribution in [0.5, 0.6) is 0 Å². The summed E-state index contributed by atoms with van der Waals surface area (Å²) in [6.45, 7) is 3.88. The highest BCUT2D eigenvalue weighted by Crippen LogP contribution is 2.31. The van der Waals surface area contributed by atoms with Gasteiger partial charge in [-0.25, -0.2) is 4.98 Å². The van der Waals surface area contributed by atoms with Crippen molar-refractivity contribution in [2.24, 2.45) is 0 Å². The van der Waals surface area contributed by atoms with Crippen molar-refractivity contribution in [1.29, 1.82) is 0 Å². The van der Waals surface area contributed by atoms with Gasteiger partial charge < -0.3 is 4.57 Å². The van der Waals surface area contributed by atoms with E-state index in [0.717, 1.165) is 17.7 Å². The Bertz CT molecular complexity index is 960. The summed E-state index contributed by atoms with van der Waals surface area (Å²) in [5.41, 5.74) is 0.688. The Kier molecular flexibility index (Phi) is 4.37. The third kappa shape index (κ3) is 3.43. The lowest BCUT2D eigenvalue weighted by Crippen LogP contribution is -2.27. The zero-order chi connectivity index (χ0) is 18.2. The van der Waals surface area contributed by atoms with Gasteiger partial charge in [0, 0.05) is 5.92 Å². The van der Waals surface area contributed by atoms with E-state index in [-0.39, 0.29) is 29.2 Å². The lowest BCUT2D eigenvalue weighted by Gasteiger charge is -2.15. The number of rotatable bonds is 3. The van der Waals surface area contributed by atoms with Crippen LogP contribution in [0.15, 0.2) is 53.3 Å². The molecule has 0 N–H and O–H groups in total. The second-order valence-electron chi connectivity index (χ2n) is 6.23. The van der Waals surface area contributed by atoms with Gasteiger partial charge in [0.1, 0.15) is 5.69 Å². The van der Waals surface area contributed by atoms with Gasteiger partial charge in [-0.15, -0.1) is 0 Å². The molecule has 1 heterocycles. The molecule has 130 valence electrons. The van der Waals surface area contributed by atoms with E-state index < -0.39 is 11.7 Å². The Morgan fingerprint density at radius 1 is 1.08 bits per heavy atom. The summed E-state index contributed by atoms with van der Waals surface area (Å²) in [6.07, 6.45) is -4.45. The fourth-order valence-corrected chi connectivity index (χ4v) is 2.74. The van der Waals surface area contributed by atoms with E-state index in [0.29, 0.717) is 5.52 Å². The summed E-state index contributed by atoms with van der Waals surface area (Å²) in [5.74, 6) is -0.187. The summed E-state index contributed by atoms with van der Waals surface area (Å²) in [7, 11) is 0. The molecule has 3 rings (SSSR count). The van der Waals surface area contributed by atoms with Crippen molar-refractivity contribution in [1.82, 2.24) is 9.55 Å². The predicted molar refractivity (Wildman–Crippen MR) is 90.6 cm³/mol. The molecule has 0 saturated carbocycles. The molecule has 0 radical (unpaired) electrons. The monoisotopic (exact) mass is 346 g/mol. The maximum Gasteiger partial charge on any atom is 0.416 e. The minimum absolute atomic E-state index is 0.175. The van der Waals surface area contributed by atoms with Crippen molar-refractivity contribution in [3.05, 3.63) is 75.7 Å². The van der Waals surface area contributed by atoms with E-state index in [1.54, 1.807) is 13.8 Å². The number of nitrogens with zero attached hydrogens (tertiary/aromatic N) is 2. The van der Waals surface area contributed by atoms with E-state index >= 15 is 0 Å². The fraction of sp³-hybridized carbons (Fsp3) is 0.263. The van der Waals surface area contributed by atoms with Crippen LogP contribution in [-0.4, -0.2) is 9.55 Å². The van der Waals surface area contributed by atoms with Gasteiger partial charge in [0.2, 0.25) is 0 Å². The molecule has 3 aromatic rings. The smallest absolute Gasteiger partial charge is 0.301 e. The molecule has 0 fully saturated rings. The molecule has 0 bridgehead atoms. The standard InChI is InChI=1S/C19H17F3N2O/c1-12(2)17-18(25)24(11-13-6-4-3-5-7-13)16-9-8-14(19(20,21)22)10-15(16)23-17/h3-10,12H,11H2,1-2H3. The lowest BCUT2D eigenvalue weighted by molar-refractivity contribution is -0.137. The number of benzene rings is 2. The summed E-state index contributed by atoms with van der Waals surface area (Å²) < 4.78 is 40.5. The molecule has 0 aliphatic heterocycles. The van der Waals surface area contributed by atoms with Crippen molar-refractivity contribution < 1.29 is 13.2 Å². The summed E-state index contributed by atoms with van der Waals surface area (Å²) in [4.78, 5) is 17.0. The van der Waals surface area contributed by atoms with Crippen LogP contribution in [0, 0.1) is 0 Å². The molecule has 3 nitrogen and oxygen atoms in total. The number of aromatic nitrogens is 2. The molecule has 25 heavy (non-hydrogen) atoms. The average molecular weight is 346 g/mol. The van der Waals surface area contributed by atoms with E-state index in [1.165, 1.54) is 10.6 Å². The van der Waals surface area contributed by atoms with Crippen molar-refractivity contribution in [3.63, 3.8) is 0 Å². The van der Waals surface area contributed by atoms with Gasteiger partial charge in [0.25, 0.3) is 5.56 Å². The number of hydrogen-bond acceptors (Lipinski definition) is 2. The molecule has 6 heteroatoms. The minimum atomic E-state index is -4.45. The largest absolute Gasteiger partial charge is 0.416 e. The predicted octanol–water partition coefficient (Wildman–Crippen LogP) is 4.59. The first-order valence-corrected chi connectivity index (χ1v) is 7.93. The van der Waals surface area contributed by atoms with Crippen molar-refractivity contribution >= 4 is 11.0 Å². The van der Waals surface area contributed by atoms with Gasteiger partial charge in [0.05, 0.1) is 23.1 Å². The number of alkyl halides is 3. The highest BCUT2D eigenvalue weighted by Gasteiger charge is 2.31. The first-order valence-electron chi connectivity index (χ1n) is 7.93. The minimum Gasteiger partial charge on any atom is -0.301 e. The molecular weight excluding hydrogens is 329 g/mol. The van der Waals surface area contributed by atoms with Crippen LogP contribution in [0.1, 0.15) is 36.6 Å². The van der Waals surface area contributed by atoms with Crippen LogP contribution >= 0.6 is 0 Å². The van der Waals surface area contributed by atoms with E-state index in [9.17, 15) is 18.0 Å². The van der Waals surface area contributed by atoms with Gasteiger partial charge in [-0.1, -0.05) is 44.2 Å². The first-order chi connectivity index (χ1) is 11.8. The Labute approximate surface area is 142 Å². The Morgan fingerprint density at radius 2 is 1.76 bits per heavy atom. The zero-order valence-corrected chi connectivity index (χ0v) is 13.8. The maximum atomic E-state index is 13.0. The van der Waals surface area contributed by atoms with Gasteiger partial charge >= 0.3 is 6.18 Å². The molecular formula is C19H17F3N2O. The summed E-state index contributed by atoms with van der Waals surface area (Å²) >= 11 is 0. The number of halogens is 3. The molecule has 0 saturated heterocycles. The Morgan fingerprint density at radius 3 is 2.36 bits per heavy atom. The maximum absolute atomic E-state index is 13.0. The topological polar surface area (TPSA) is 34.9 Å². The fourth-order valence-electron chi connectivity index (χ4n) is 2.74. The molecule has 0 amide bonds. The van der Waals surface area contributed by atoms with Crippen LogP contribution in [-0.2, 0) is 12.7 Å². The molecule has 0 aliphatic rings. The highest BCUT2D eigenvalue weighted by molar-refractivity contribution is 5.76. The highest BCUT2D eigenvalue weighted by atomic mass is 19.4. The molecule has 2 aromatic carbocycles. The zero-order valence-electron chi connectivity index (χ0n) is 13.8. The van der Waals surface area contributed by atoms with Gasteiger partial charge in [-0.2, -0.15) is 13.2 Å². The quantitative estimate of drug-likeness (QED) is 0.695. The van der Waals surface area contributed by atoms with Gasteiger partial charge in [-0.3, -0.25) is 4.79 Å². The van der Waals surface area contributed by atoms with Crippen LogP contribution in [0.2, 0.25) is 0 Å². The van der Waals surface area contributed by atoms with Gasteiger partial charge in [-0.05, 0) is 23.8 Å². The summed E-state index contributed by atoms with van der Waals surface area (Å²) in [6, 6.07) is 12.6. The van der Waals surface area contributed by atoms with Crippen molar-refractivity contribution in [2.45, 2.75) is 32.5 Å². The second-order valence-corrected chi connectivity index (χ2v) is 6.23. The van der Waals surface area contributed by atoms with Crippen LogP contribution in [0.3, 0.4) is 0 Å². The second kappa shape index (κ2) is 6.35. The Balaban J connectivity index is 2.26. The van der Waals surface area contributed by atoms with Crippen LogP contribution < -0.4 is 5.56 Å². The number of hydrogen-bond donors (Lipinski definition) is 0. The molecule has 1 aromatic heterocycles. The molecule has 0 spiro atoms. The third-order valence-corrected chi connectivity index (χ3v) is 4.03. The SMILES string of the molecule is CC(C)c1nc2cc(C(F)(F)F)ccc2n(Cc2ccccc2)c1=O. The molecule has 0 unspecified atom stereocenters.